The molecule has 1 aromatic rings. The second kappa shape index (κ2) is 6.76. The van der Waals surface area contributed by atoms with Crippen LogP contribution in [-0.4, -0.2) is 30.4 Å². The first-order valence-electron chi connectivity index (χ1n) is 6.86. The van der Waals surface area contributed by atoms with Crippen molar-refractivity contribution >= 4 is 0 Å². The Morgan fingerprint density at radius 2 is 2.17 bits per heavy atom. The molecule has 100 valence electrons. The Bertz CT molecular complexity index is 367. The number of rotatable bonds is 5. The van der Waals surface area contributed by atoms with Crippen molar-refractivity contribution in [3.63, 3.8) is 0 Å². The Morgan fingerprint density at radius 1 is 1.33 bits per heavy atom. The van der Waals surface area contributed by atoms with Crippen molar-refractivity contribution < 1.29 is 9.84 Å². The fraction of sp³-hybridized carbons (Fsp3) is 0.600. The third kappa shape index (κ3) is 4.00. The smallest absolute Gasteiger partial charge is 0.119 e. The Morgan fingerprint density at radius 3 is 2.94 bits per heavy atom. The molecule has 0 aliphatic heterocycles. The molecule has 0 heterocycles. The summed E-state index contributed by atoms with van der Waals surface area (Å²) in [6.45, 7) is 3.49. The molecule has 3 nitrogen and oxygen atoms in total. The number of hydrogen-bond donors (Lipinski definition) is 2. The zero-order chi connectivity index (χ0) is 12.8. The van der Waals surface area contributed by atoms with E-state index in [1.165, 1.54) is 12.0 Å². The van der Waals surface area contributed by atoms with Gasteiger partial charge in [0.25, 0.3) is 0 Å². The summed E-state index contributed by atoms with van der Waals surface area (Å²) in [4.78, 5) is 0. The standard InChI is InChI=1S/C15H23NO2/c1-12-5-4-6-13(11-12)18-10-9-16-14-7-2-3-8-15(14)17/h4-6,11,14-17H,2-3,7-10H2,1H3. The molecule has 3 heteroatoms. The van der Waals surface area contributed by atoms with Crippen LogP contribution < -0.4 is 10.1 Å². The third-order valence-electron chi connectivity index (χ3n) is 3.50. The van der Waals surface area contributed by atoms with E-state index in [0.717, 1.165) is 31.6 Å². The molecule has 0 aromatic heterocycles. The molecule has 1 aliphatic carbocycles. The van der Waals surface area contributed by atoms with Crippen molar-refractivity contribution in [1.82, 2.24) is 5.32 Å². The van der Waals surface area contributed by atoms with Crippen LogP contribution in [0.5, 0.6) is 5.75 Å². The fourth-order valence-electron chi connectivity index (χ4n) is 2.47. The fourth-order valence-corrected chi connectivity index (χ4v) is 2.47. The minimum atomic E-state index is -0.183. The highest BCUT2D eigenvalue weighted by Gasteiger charge is 2.21. The third-order valence-corrected chi connectivity index (χ3v) is 3.50. The Balaban J connectivity index is 1.66. The van der Waals surface area contributed by atoms with Crippen LogP contribution in [0.25, 0.3) is 0 Å². The summed E-state index contributed by atoms with van der Waals surface area (Å²) in [5.41, 5.74) is 1.21. The first-order chi connectivity index (χ1) is 8.75. The summed E-state index contributed by atoms with van der Waals surface area (Å²) in [6, 6.07) is 8.32. The summed E-state index contributed by atoms with van der Waals surface area (Å²) in [7, 11) is 0. The van der Waals surface area contributed by atoms with Crippen molar-refractivity contribution in [2.75, 3.05) is 13.2 Å². The SMILES string of the molecule is Cc1cccc(OCCNC2CCCCC2O)c1. The van der Waals surface area contributed by atoms with Crippen LogP contribution in [0.1, 0.15) is 31.2 Å². The van der Waals surface area contributed by atoms with Gasteiger partial charge in [-0.05, 0) is 37.5 Å². The summed E-state index contributed by atoms with van der Waals surface area (Å²) >= 11 is 0. The highest BCUT2D eigenvalue weighted by Crippen LogP contribution is 2.18. The van der Waals surface area contributed by atoms with Gasteiger partial charge in [0, 0.05) is 12.6 Å². The number of ether oxygens (including phenoxy) is 1. The minimum absolute atomic E-state index is 0.183. The molecule has 0 saturated heterocycles. The van der Waals surface area contributed by atoms with Crippen LogP contribution in [0.4, 0.5) is 0 Å². The molecular weight excluding hydrogens is 226 g/mol. The topological polar surface area (TPSA) is 41.5 Å². The van der Waals surface area contributed by atoms with Crippen molar-refractivity contribution in [2.24, 2.45) is 0 Å². The van der Waals surface area contributed by atoms with Gasteiger partial charge in [-0.15, -0.1) is 0 Å². The second-order valence-electron chi connectivity index (χ2n) is 5.08. The number of aliphatic hydroxyl groups is 1. The molecular formula is C15H23NO2. The molecule has 2 atom stereocenters. The zero-order valence-electron chi connectivity index (χ0n) is 11.1. The van der Waals surface area contributed by atoms with E-state index >= 15 is 0 Å². The largest absolute Gasteiger partial charge is 0.492 e. The van der Waals surface area contributed by atoms with E-state index in [0.29, 0.717) is 6.61 Å². The van der Waals surface area contributed by atoms with E-state index < -0.39 is 0 Å². The molecule has 1 aliphatic rings. The van der Waals surface area contributed by atoms with Gasteiger partial charge in [-0.3, -0.25) is 0 Å². The molecule has 0 amide bonds. The molecule has 0 radical (unpaired) electrons. The number of aliphatic hydroxyl groups excluding tert-OH is 1. The molecule has 1 aromatic carbocycles. The van der Waals surface area contributed by atoms with Gasteiger partial charge in [-0.25, -0.2) is 0 Å². The average molecular weight is 249 g/mol. The summed E-state index contributed by atoms with van der Waals surface area (Å²) in [6.07, 6.45) is 4.19. The lowest BCUT2D eigenvalue weighted by Crippen LogP contribution is -2.43. The van der Waals surface area contributed by atoms with E-state index in [4.69, 9.17) is 4.74 Å². The number of hydrogen-bond acceptors (Lipinski definition) is 3. The van der Waals surface area contributed by atoms with Gasteiger partial charge in [0.1, 0.15) is 12.4 Å². The summed E-state index contributed by atoms with van der Waals surface area (Å²) < 4.78 is 5.67. The van der Waals surface area contributed by atoms with Crippen molar-refractivity contribution in [2.45, 2.75) is 44.8 Å². The Labute approximate surface area is 109 Å². The van der Waals surface area contributed by atoms with E-state index in [1.807, 2.05) is 18.2 Å². The van der Waals surface area contributed by atoms with Gasteiger partial charge >= 0.3 is 0 Å². The quantitative estimate of drug-likeness (QED) is 0.787. The lowest BCUT2D eigenvalue weighted by atomic mass is 9.93. The molecule has 0 bridgehead atoms. The van der Waals surface area contributed by atoms with E-state index in [9.17, 15) is 5.11 Å². The minimum Gasteiger partial charge on any atom is -0.492 e. The maximum atomic E-state index is 9.82. The maximum Gasteiger partial charge on any atom is 0.119 e. The van der Waals surface area contributed by atoms with Gasteiger partial charge < -0.3 is 15.2 Å². The predicted octanol–water partition coefficient (Wildman–Crippen LogP) is 2.27. The van der Waals surface area contributed by atoms with Gasteiger partial charge in [0.05, 0.1) is 6.10 Å². The molecule has 0 spiro atoms. The molecule has 1 fully saturated rings. The van der Waals surface area contributed by atoms with Crippen molar-refractivity contribution in [1.29, 1.82) is 0 Å². The highest BCUT2D eigenvalue weighted by molar-refractivity contribution is 5.27. The van der Waals surface area contributed by atoms with Crippen LogP contribution >= 0.6 is 0 Å². The van der Waals surface area contributed by atoms with E-state index in [1.54, 1.807) is 0 Å². The van der Waals surface area contributed by atoms with Gasteiger partial charge in [-0.2, -0.15) is 0 Å². The summed E-state index contributed by atoms with van der Waals surface area (Å²) in [5.74, 6) is 0.918. The van der Waals surface area contributed by atoms with Gasteiger partial charge in [0.15, 0.2) is 0 Å². The normalized spacial score (nSPS) is 23.9. The lowest BCUT2D eigenvalue weighted by molar-refractivity contribution is 0.0890. The number of aryl methyl sites for hydroxylation is 1. The number of benzene rings is 1. The average Bonchev–Trinajstić information content (AvgIpc) is 2.37. The summed E-state index contributed by atoms with van der Waals surface area (Å²) in [5, 5.41) is 13.2. The van der Waals surface area contributed by atoms with Crippen LogP contribution in [0.2, 0.25) is 0 Å². The molecule has 18 heavy (non-hydrogen) atoms. The van der Waals surface area contributed by atoms with Crippen molar-refractivity contribution in [3.8, 4) is 5.75 Å². The van der Waals surface area contributed by atoms with Gasteiger partial charge in [-0.1, -0.05) is 25.0 Å². The predicted molar refractivity (Wildman–Crippen MR) is 72.9 cm³/mol. The lowest BCUT2D eigenvalue weighted by Gasteiger charge is -2.28. The molecule has 1 saturated carbocycles. The van der Waals surface area contributed by atoms with Crippen LogP contribution in [0.15, 0.2) is 24.3 Å². The van der Waals surface area contributed by atoms with Crippen LogP contribution in [0.3, 0.4) is 0 Å². The second-order valence-corrected chi connectivity index (χ2v) is 5.08. The van der Waals surface area contributed by atoms with Crippen LogP contribution in [0, 0.1) is 6.92 Å². The molecule has 2 rings (SSSR count). The zero-order valence-corrected chi connectivity index (χ0v) is 11.1. The Hall–Kier alpha value is -1.06. The molecule has 2 N–H and O–H groups in total. The van der Waals surface area contributed by atoms with E-state index in [2.05, 4.69) is 18.3 Å². The Kier molecular flexibility index (Phi) is 5.02. The molecule has 2 unspecified atom stereocenters. The number of nitrogens with one attached hydrogen (secondary N) is 1. The van der Waals surface area contributed by atoms with Gasteiger partial charge in [0.2, 0.25) is 0 Å². The van der Waals surface area contributed by atoms with E-state index in [-0.39, 0.29) is 12.1 Å². The monoisotopic (exact) mass is 249 g/mol. The maximum absolute atomic E-state index is 9.82. The van der Waals surface area contributed by atoms with Crippen molar-refractivity contribution in [3.05, 3.63) is 29.8 Å². The van der Waals surface area contributed by atoms with Crippen LogP contribution in [-0.2, 0) is 0 Å². The highest BCUT2D eigenvalue weighted by atomic mass is 16.5. The first-order valence-corrected chi connectivity index (χ1v) is 6.86. The first kappa shape index (κ1) is 13.4.